The molecule has 3 rings (SSSR count). The lowest BCUT2D eigenvalue weighted by Crippen LogP contribution is -2.14. The monoisotopic (exact) mass is 266 g/mol. The Kier molecular flexibility index (Phi) is 2.90. The van der Waals surface area contributed by atoms with Gasteiger partial charge < -0.3 is 0 Å². The Balaban J connectivity index is 2.14. The molecule has 0 bridgehead atoms. The number of para-hydroxylation sites is 1. The van der Waals surface area contributed by atoms with Crippen LogP contribution in [-0.4, -0.2) is 4.57 Å². The van der Waals surface area contributed by atoms with E-state index in [1.807, 2.05) is 42.5 Å². The molecule has 0 aliphatic rings. The van der Waals surface area contributed by atoms with Crippen LogP contribution in [0.1, 0.15) is 11.1 Å². The molecule has 0 unspecified atom stereocenters. The summed E-state index contributed by atoms with van der Waals surface area (Å²) in [7, 11) is 0. The quantitative estimate of drug-likeness (QED) is 0.715. The van der Waals surface area contributed by atoms with Gasteiger partial charge in [-0.15, -0.1) is 0 Å². The van der Waals surface area contributed by atoms with Gasteiger partial charge in [-0.2, -0.15) is 5.26 Å². The van der Waals surface area contributed by atoms with Crippen molar-refractivity contribution >= 4 is 21.6 Å². The third-order valence-corrected chi connectivity index (χ3v) is 4.00. The molecule has 0 aliphatic carbocycles. The zero-order valence-corrected chi connectivity index (χ0v) is 10.9. The minimum Gasteiger partial charge on any atom is -0.294 e. The average Bonchev–Trinajstić information content (AvgIpc) is 2.76. The van der Waals surface area contributed by atoms with Crippen molar-refractivity contribution in [3.8, 4) is 6.07 Å². The van der Waals surface area contributed by atoms with E-state index in [1.54, 1.807) is 10.6 Å². The molecule has 0 atom stereocenters. The summed E-state index contributed by atoms with van der Waals surface area (Å²) in [5, 5.41) is 9.09. The molecule has 0 aliphatic heterocycles. The molecule has 0 amide bonds. The molecule has 0 spiro atoms. The number of nitrogens with zero attached hydrogens (tertiary/aromatic N) is 2. The highest BCUT2D eigenvalue weighted by atomic mass is 32.1. The van der Waals surface area contributed by atoms with E-state index in [0.29, 0.717) is 12.1 Å². The molecule has 0 saturated carbocycles. The first-order valence-electron chi connectivity index (χ1n) is 5.86. The summed E-state index contributed by atoms with van der Waals surface area (Å²) in [5.74, 6) is 0. The van der Waals surface area contributed by atoms with E-state index in [9.17, 15) is 4.79 Å². The molecule has 19 heavy (non-hydrogen) atoms. The summed E-state index contributed by atoms with van der Waals surface area (Å²) in [6.07, 6.45) is 0. The Morgan fingerprint density at radius 2 is 1.84 bits per heavy atom. The second-order valence-corrected chi connectivity index (χ2v) is 5.18. The number of hydrogen-bond donors (Lipinski definition) is 0. The highest BCUT2D eigenvalue weighted by molar-refractivity contribution is 7.16. The minimum absolute atomic E-state index is 0.00828. The number of thiazole rings is 1. The van der Waals surface area contributed by atoms with Gasteiger partial charge >= 0.3 is 4.87 Å². The van der Waals surface area contributed by atoms with Crippen LogP contribution in [0.2, 0.25) is 0 Å². The second kappa shape index (κ2) is 4.71. The standard InChI is InChI=1S/C15H10N2OS/c16-9-11-5-1-2-6-12(11)10-17-13-7-3-4-8-14(13)19-15(17)18/h1-8H,10H2. The lowest BCUT2D eigenvalue weighted by Gasteiger charge is -2.05. The largest absolute Gasteiger partial charge is 0.308 e. The van der Waals surface area contributed by atoms with Gasteiger partial charge in [0.25, 0.3) is 0 Å². The van der Waals surface area contributed by atoms with Gasteiger partial charge in [0.15, 0.2) is 0 Å². The maximum absolute atomic E-state index is 12.0. The van der Waals surface area contributed by atoms with E-state index >= 15 is 0 Å². The molecule has 3 aromatic rings. The molecule has 0 N–H and O–H groups in total. The van der Waals surface area contributed by atoms with Gasteiger partial charge in [-0.3, -0.25) is 9.36 Å². The van der Waals surface area contributed by atoms with Crippen LogP contribution in [0.5, 0.6) is 0 Å². The second-order valence-electron chi connectivity index (χ2n) is 4.19. The zero-order valence-electron chi connectivity index (χ0n) is 10.0. The van der Waals surface area contributed by atoms with E-state index in [1.165, 1.54) is 11.3 Å². The lowest BCUT2D eigenvalue weighted by molar-refractivity contribution is 0.813. The van der Waals surface area contributed by atoms with E-state index in [4.69, 9.17) is 5.26 Å². The Morgan fingerprint density at radius 3 is 2.68 bits per heavy atom. The van der Waals surface area contributed by atoms with Gasteiger partial charge in [-0.25, -0.2) is 0 Å². The molecular formula is C15H10N2OS. The fourth-order valence-corrected chi connectivity index (χ4v) is 2.99. The summed E-state index contributed by atoms with van der Waals surface area (Å²) < 4.78 is 2.69. The van der Waals surface area contributed by atoms with Gasteiger partial charge in [0.05, 0.1) is 28.4 Å². The first kappa shape index (κ1) is 11.7. The van der Waals surface area contributed by atoms with Gasteiger partial charge in [0, 0.05) is 0 Å². The van der Waals surface area contributed by atoms with E-state index in [2.05, 4.69) is 6.07 Å². The van der Waals surface area contributed by atoms with E-state index < -0.39 is 0 Å². The molecule has 1 aromatic heterocycles. The highest BCUT2D eigenvalue weighted by Crippen LogP contribution is 2.18. The lowest BCUT2D eigenvalue weighted by atomic mass is 10.1. The first-order chi connectivity index (χ1) is 9.29. The minimum atomic E-state index is 0.00828. The number of fused-ring (bicyclic) bond motifs is 1. The van der Waals surface area contributed by atoms with Crippen molar-refractivity contribution in [3.63, 3.8) is 0 Å². The Labute approximate surface area is 114 Å². The summed E-state index contributed by atoms with van der Waals surface area (Å²) in [6.45, 7) is 0.437. The fraction of sp³-hybridized carbons (Fsp3) is 0.0667. The summed E-state index contributed by atoms with van der Waals surface area (Å²) in [5.41, 5.74) is 2.41. The zero-order chi connectivity index (χ0) is 13.2. The third kappa shape index (κ3) is 2.05. The molecule has 0 fully saturated rings. The molecule has 3 nitrogen and oxygen atoms in total. The predicted octanol–water partition coefficient (Wildman–Crippen LogP) is 2.98. The Hall–Kier alpha value is -2.38. The van der Waals surface area contributed by atoms with Crippen LogP contribution in [0.25, 0.3) is 10.2 Å². The van der Waals surface area contributed by atoms with Crippen molar-refractivity contribution in [3.05, 3.63) is 69.3 Å². The Morgan fingerprint density at radius 1 is 1.11 bits per heavy atom. The topological polar surface area (TPSA) is 45.8 Å². The van der Waals surface area contributed by atoms with Crippen molar-refractivity contribution in [1.82, 2.24) is 4.57 Å². The summed E-state index contributed by atoms with van der Waals surface area (Å²) in [4.78, 5) is 12.0. The fourth-order valence-electron chi connectivity index (χ4n) is 2.10. The van der Waals surface area contributed by atoms with Gasteiger partial charge in [0.1, 0.15) is 0 Å². The van der Waals surface area contributed by atoms with E-state index in [-0.39, 0.29) is 4.87 Å². The van der Waals surface area contributed by atoms with Gasteiger partial charge in [-0.1, -0.05) is 41.7 Å². The molecule has 0 saturated heterocycles. The van der Waals surface area contributed by atoms with Gasteiger partial charge in [0.2, 0.25) is 0 Å². The maximum Gasteiger partial charge on any atom is 0.308 e. The van der Waals surface area contributed by atoms with Crippen LogP contribution < -0.4 is 4.87 Å². The van der Waals surface area contributed by atoms with Crippen LogP contribution in [0.15, 0.2) is 53.3 Å². The number of nitriles is 1. The van der Waals surface area contributed by atoms with Crippen LogP contribution >= 0.6 is 11.3 Å². The number of hydrogen-bond acceptors (Lipinski definition) is 3. The number of rotatable bonds is 2. The van der Waals surface area contributed by atoms with Gasteiger partial charge in [-0.05, 0) is 23.8 Å². The first-order valence-corrected chi connectivity index (χ1v) is 6.67. The number of aromatic nitrogens is 1. The maximum atomic E-state index is 12.0. The molecular weight excluding hydrogens is 256 g/mol. The summed E-state index contributed by atoms with van der Waals surface area (Å²) >= 11 is 1.24. The smallest absolute Gasteiger partial charge is 0.294 e. The van der Waals surface area contributed by atoms with E-state index in [0.717, 1.165) is 15.8 Å². The highest BCUT2D eigenvalue weighted by Gasteiger charge is 2.09. The van der Waals surface area contributed by atoms with Crippen molar-refractivity contribution in [2.45, 2.75) is 6.54 Å². The van der Waals surface area contributed by atoms with Crippen LogP contribution in [0.3, 0.4) is 0 Å². The molecule has 1 heterocycles. The molecule has 4 heteroatoms. The normalized spacial score (nSPS) is 10.5. The van der Waals surface area contributed by atoms with Crippen LogP contribution in [0.4, 0.5) is 0 Å². The molecule has 2 aromatic carbocycles. The third-order valence-electron chi connectivity index (χ3n) is 3.04. The van der Waals surface area contributed by atoms with Crippen molar-refractivity contribution in [2.75, 3.05) is 0 Å². The SMILES string of the molecule is N#Cc1ccccc1Cn1c(=O)sc2ccccc21. The summed E-state index contributed by atoms with van der Waals surface area (Å²) in [6, 6.07) is 17.2. The van der Waals surface area contributed by atoms with Crippen molar-refractivity contribution in [2.24, 2.45) is 0 Å². The Bertz CT molecular complexity index is 839. The molecule has 92 valence electrons. The molecule has 0 radical (unpaired) electrons. The van der Waals surface area contributed by atoms with Crippen LogP contribution in [-0.2, 0) is 6.54 Å². The predicted molar refractivity (Wildman–Crippen MR) is 76.3 cm³/mol. The van der Waals surface area contributed by atoms with Crippen molar-refractivity contribution < 1.29 is 0 Å². The van der Waals surface area contributed by atoms with Crippen molar-refractivity contribution in [1.29, 1.82) is 5.26 Å². The number of benzene rings is 2. The van der Waals surface area contributed by atoms with Crippen LogP contribution in [0, 0.1) is 11.3 Å². The average molecular weight is 266 g/mol.